The lowest BCUT2D eigenvalue weighted by atomic mass is 10.1. The van der Waals surface area contributed by atoms with Crippen LogP contribution < -0.4 is 5.32 Å². The lowest BCUT2D eigenvalue weighted by Crippen LogP contribution is -2.44. The minimum atomic E-state index is -3.47. The number of hydrogen-bond donors (Lipinski definition) is 1. The van der Waals surface area contributed by atoms with Crippen molar-refractivity contribution >= 4 is 27.5 Å². The molecular weight excluding hydrogens is 362 g/mol. The van der Waals surface area contributed by atoms with Crippen LogP contribution in [0, 0.1) is 5.92 Å². The summed E-state index contributed by atoms with van der Waals surface area (Å²) in [5, 5.41) is 2.62. The molecule has 7 heteroatoms. The Balaban J connectivity index is 2.96. The topological polar surface area (TPSA) is 72.5 Å². The molecule has 0 spiro atoms. The minimum Gasteiger partial charge on any atom is -0.447 e. The smallest absolute Gasteiger partial charge is 0.407 e. The highest BCUT2D eigenvalue weighted by Crippen LogP contribution is 2.28. The van der Waals surface area contributed by atoms with E-state index in [1.807, 2.05) is 20.8 Å². The van der Waals surface area contributed by atoms with E-state index in [2.05, 4.69) is 5.32 Å². The molecule has 0 radical (unpaired) electrons. The van der Waals surface area contributed by atoms with Crippen molar-refractivity contribution in [2.45, 2.75) is 58.4 Å². The molecule has 5 nitrogen and oxygen atoms in total. The Labute approximate surface area is 156 Å². The Bertz CT molecular complexity index is 656. The van der Waals surface area contributed by atoms with E-state index in [1.54, 1.807) is 38.1 Å². The van der Waals surface area contributed by atoms with Crippen LogP contribution in [0.3, 0.4) is 0 Å². The van der Waals surface area contributed by atoms with Gasteiger partial charge in [0, 0.05) is 11.1 Å². The largest absolute Gasteiger partial charge is 0.447 e. The summed E-state index contributed by atoms with van der Waals surface area (Å²) < 4.78 is 31.0. The van der Waals surface area contributed by atoms with Crippen LogP contribution in [0.15, 0.2) is 24.3 Å². The molecule has 142 valence electrons. The maximum absolute atomic E-state index is 12.9. The highest BCUT2D eigenvalue weighted by atomic mass is 35.5. The molecule has 0 fully saturated rings. The normalized spacial score (nSPS) is 14.4. The zero-order valence-corrected chi connectivity index (χ0v) is 17.0. The predicted molar refractivity (Wildman–Crippen MR) is 102 cm³/mol. The van der Waals surface area contributed by atoms with Gasteiger partial charge in [0.2, 0.25) is 0 Å². The molecular formula is C18H28ClNO4S. The third kappa shape index (κ3) is 6.86. The fourth-order valence-corrected chi connectivity index (χ4v) is 4.95. The minimum absolute atomic E-state index is 0.0442. The van der Waals surface area contributed by atoms with Gasteiger partial charge in [0.05, 0.1) is 17.1 Å². The fourth-order valence-electron chi connectivity index (χ4n) is 2.54. The van der Waals surface area contributed by atoms with Crippen molar-refractivity contribution in [1.82, 2.24) is 5.32 Å². The summed E-state index contributed by atoms with van der Waals surface area (Å²) in [5.74, 6) is -0.184. The number of hydrogen-bond acceptors (Lipinski definition) is 4. The summed E-state index contributed by atoms with van der Waals surface area (Å²) in [6.07, 6.45) is -0.407. The van der Waals surface area contributed by atoms with Gasteiger partial charge in [-0.2, -0.15) is 0 Å². The number of carbonyl (C=O) groups excluding carboxylic acids is 1. The SMILES string of the molecule is CCC(c1ccc(Cl)cc1)S(=O)(=O)C[C@@H](NC(=O)OC(C)C)C(C)C. The maximum atomic E-state index is 12.9. The predicted octanol–water partition coefficient (Wildman–Crippen LogP) is 4.37. The van der Waals surface area contributed by atoms with Gasteiger partial charge in [-0.15, -0.1) is 0 Å². The van der Waals surface area contributed by atoms with E-state index in [0.717, 1.165) is 0 Å². The molecule has 0 saturated carbocycles. The number of rotatable bonds is 8. The third-order valence-electron chi connectivity index (χ3n) is 3.91. The Kier molecular flexibility index (Phi) is 8.22. The lowest BCUT2D eigenvalue weighted by molar-refractivity contribution is 0.111. The first kappa shape index (κ1) is 21.8. The van der Waals surface area contributed by atoms with Crippen molar-refractivity contribution in [3.05, 3.63) is 34.9 Å². The van der Waals surface area contributed by atoms with Crippen LogP contribution in [0.4, 0.5) is 4.79 Å². The Hall–Kier alpha value is -1.27. The maximum Gasteiger partial charge on any atom is 0.407 e. The van der Waals surface area contributed by atoms with Gasteiger partial charge in [0.1, 0.15) is 0 Å². The molecule has 1 aromatic rings. The summed E-state index contributed by atoms with van der Waals surface area (Å²) >= 11 is 5.89. The van der Waals surface area contributed by atoms with Crippen LogP contribution >= 0.6 is 11.6 Å². The number of ether oxygens (including phenoxy) is 1. The van der Waals surface area contributed by atoms with Gasteiger partial charge in [-0.25, -0.2) is 13.2 Å². The van der Waals surface area contributed by atoms with Crippen molar-refractivity contribution in [3.8, 4) is 0 Å². The van der Waals surface area contributed by atoms with E-state index in [9.17, 15) is 13.2 Å². The van der Waals surface area contributed by atoms with Crippen LogP contribution in [-0.4, -0.2) is 32.4 Å². The van der Waals surface area contributed by atoms with Gasteiger partial charge in [0.15, 0.2) is 9.84 Å². The van der Waals surface area contributed by atoms with Crippen molar-refractivity contribution in [1.29, 1.82) is 0 Å². The molecule has 0 aromatic heterocycles. The summed E-state index contributed by atoms with van der Waals surface area (Å²) in [7, 11) is -3.47. The van der Waals surface area contributed by atoms with E-state index in [4.69, 9.17) is 16.3 Å². The average Bonchev–Trinajstić information content (AvgIpc) is 2.47. The third-order valence-corrected chi connectivity index (χ3v) is 6.46. The number of halogens is 1. The number of amides is 1. The second-order valence-corrected chi connectivity index (χ2v) is 9.39. The van der Waals surface area contributed by atoms with E-state index < -0.39 is 27.2 Å². The molecule has 0 aliphatic rings. The molecule has 1 amide bonds. The van der Waals surface area contributed by atoms with Crippen LogP contribution in [-0.2, 0) is 14.6 Å². The van der Waals surface area contributed by atoms with Crippen molar-refractivity contribution < 1.29 is 17.9 Å². The first-order valence-electron chi connectivity index (χ1n) is 8.51. The van der Waals surface area contributed by atoms with Gasteiger partial charge < -0.3 is 10.1 Å². The molecule has 2 atom stereocenters. The van der Waals surface area contributed by atoms with Gasteiger partial charge in [-0.05, 0) is 43.9 Å². The van der Waals surface area contributed by atoms with Crippen molar-refractivity contribution in [3.63, 3.8) is 0 Å². The monoisotopic (exact) mass is 389 g/mol. The zero-order valence-electron chi connectivity index (χ0n) is 15.5. The fraction of sp³-hybridized carbons (Fsp3) is 0.611. The van der Waals surface area contributed by atoms with Gasteiger partial charge in [0.25, 0.3) is 0 Å². The van der Waals surface area contributed by atoms with Crippen molar-refractivity contribution in [2.75, 3.05) is 5.75 Å². The summed E-state index contributed by atoms with van der Waals surface area (Å²) in [4.78, 5) is 11.9. The highest BCUT2D eigenvalue weighted by molar-refractivity contribution is 7.91. The lowest BCUT2D eigenvalue weighted by Gasteiger charge is -2.25. The van der Waals surface area contributed by atoms with E-state index >= 15 is 0 Å². The number of nitrogens with one attached hydrogen (secondary N) is 1. The average molecular weight is 390 g/mol. The zero-order chi connectivity index (χ0) is 19.2. The summed E-state index contributed by atoms with van der Waals surface area (Å²) in [6.45, 7) is 9.07. The summed E-state index contributed by atoms with van der Waals surface area (Å²) in [5.41, 5.74) is 0.708. The number of alkyl carbamates (subject to hydrolysis) is 1. The molecule has 0 aliphatic heterocycles. The standard InChI is InChI=1S/C18H28ClNO4S/c1-6-17(14-7-9-15(19)10-8-14)25(22,23)11-16(12(2)3)20-18(21)24-13(4)5/h7-10,12-13,16-17H,6,11H2,1-5H3,(H,20,21)/t16-,17?/m1/s1. The molecule has 1 unspecified atom stereocenters. The van der Waals surface area contributed by atoms with Crippen molar-refractivity contribution in [2.24, 2.45) is 5.92 Å². The molecule has 1 aromatic carbocycles. The van der Waals surface area contributed by atoms with Crippen LogP contribution in [0.25, 0.3) is 0 Å². The number of sulfone groups is 1. The molecule has 0 bridgehead atoms. The Morgan fingerprint density at radius 1 is 1.16 bits per heavy atom. The van der Waals surface area contributed by atoms with Gasteiger partial charge >= 0.3 is 6.09 Å². The van der Waals surface area contributed by atoms with Gasteiger partial charge in [-0.1, -0.05) is 44.5 Å². The molecule has 1 N–H and O–H groups in total. The Morgan fingerprint density at radius 2 is 1.72 bits per heavy atom. The van der Waals surface area contributed by atoms with Crippen LogP contribution in [0.1, 0.15) is 51.9 Å². The molecule has 0 aliphatic carbocycles. The first-order valence-corrected chi connectivity index (χ1v) is 10.6. The van der Waals surface area contributed by atoms with E-state index in [-0.39, 0.29) is 17.8 Å². The number of benzene rings is 1. The van der Waals surface area contributed by atoms with Crippen LogP contribution in [0.5, 0.6) is 0 Å². The molecule has 1 rings (SSSR count). The molecule has 25 heavy (non-hydrogen) atoms. The number of carbonyl (C=O) groups is 1. The summed E-state index contributed by atoms with van der Waals surface area (Å²) in [6, 6.07) is 6.33. The first-order chi connectivity index (χ1) is 11.6. The second kappa shape index (κ2) is 9.43. The van der Waals surface area contributed by atoms with E-state index in [1.165, 1.54) is 0 Å². The molecule has 0 saturated heterocycles. The van der Waals surface area contributed by atoms with Crippen LogP contribution in [0.2, 0.25) is 5.02 Å². The second-order valence-electron chi connectivity index (χ2n) is 6.73. The highest BCUT2D eigenvalue weighted by Gasteiger charge is 2.31. The van der Waals surface area contributed by atoms with Gasteiger partial charge in [-0.3, -0.25) is 0 Å². The quantitative estimate of drug-likeness (QED) is 0.716. The van der Waals surface area contributed by atoms with E-state index in [0.29, 0.717) is 17.0 Å². The molecule has 0 heterocycles. The Morgan fingerprint density at radius 3 is 2.16 bits per heavy atom.